The highest BCUT2D eigenvalue weighted by molar-refractivity contribution is 5.85. The number of pyridine rings is 1. The molecule has 19 heavy (non-hydrogen) atoms. The third kappa shape index (κ3) is 4.88. The molecule has 0 spiro atoms. The second kappa shape index (κ2) is 9.48. The first kappa shape index (κ1) is 18.6. The molecule has 0 aromatic carbocycles. The van der Waals surface area contributed by atoms with Crippen LogP contribution in [0.3, 0.4) is 0 Å². The molecular formula is C13H22Cl2FN3. The average molecular weight is 310 g/mol. The molecule has 110 valence electrons. The molecule has 2 heterocycles. The van der Waals surface area contributed by atoms with Gasteiger partial charge < -0.3 is 5.32 Å². The van der Waals surface area contributed by atoms with E-state index in [1.165, 1.54) is 6.20 Å². The van der Waals surface area contributed by atoms with Gasteiger partial charge in [-0.2, -0.15) is 4.39 Å². The van der Waals surface area contributed by atoms with E-state index in [-0.39, 0.29) is 36.8 Å². The minimum atomic E-state index is -0.315. The summed E-state index contributed by atoms with van der Waals surface area (Å²) in [6, 6.07) is 3.87. The van der Waals surface area contributed by atoms with Gasteiger partial charge >= 0.3 is 0 Å². The molecule has 3 nitrogen and oxygen atoms in total. The van der Waals surface area contributed by atoms with Gasteiger partial charge in [-0.1, -0.05) is 19.4 Å². The number of nitrogens with one attached hydrogen (secondary N) is 1. The molecule has 1 N–H and O–H groups in total. The van der Waals surface area contributed by atoms with Crippen LogP contribution in [0.2, 0.25) is 0 Å². The Labute approximate surface area is 126 Å². The van der Waals surface area contributed by atoms with E-state index in [0.29, 0.717) is 0 Å². The maximum absolute atomic E-state index is 13.8. The number of halogens is 3. The van der Waals surface area contributed by atoms with Gasteiger partial charge in [0.15, 0.2) is 0 Å². The molecule has 2 rings (SSSR count). The van der Waals surface area contributed by atoms with Crippen molar-refractivity contribution in [1.82, 2.24) is 15.2 Å². The zero-order valence-corrected chi connectivity index (χ0v) is 12.8. The zero-order valence-electron chi connectivity index (χ0n) is 11.1. The summed E-state index contributed by atoms with van der Waals surface area (Å²) in [7, 11) is 0. The summed E-state index contributed by atoms with van der Waals surface area (Å²) >= 11 is 0. The Morgan fingerprint density at radius 3 is 2.63 bits per heavy atom. The molecule has 6 heteroatoms. The van der Waals surface area contributed by atoms with E-state index in [2.05, 4.69) is 22.1 Å². The third-order valence-electron chi connectivity index (χ3n) is 3.30. The summed E-state index contributed by atoms with van der Waals surface area (Å²) in [5.41, 5.74) is 0.747. The smallest absolute Gasteiger partial charge is 0.217 e. The summed E-state index contributed by atoms with van der Waals surface area (Å²) in [5.74, 6) is -0.315. The molecule has 1 fully saturated rings. The molecule has 0 radical (unpaired) electrons. The summed E-state index contributed by atoms with van der Waals surface area (Å²) in [6.07, 6.45) is 3.56. The molecule has 0 unspecified atom stereocenters. The number of hydrogen-bond acceptors (Lipinski definition) is 3. The van der Waals surface area contributed by atoms with Gasteiger partial charge in [-0.05, 0) is 12.5 Å². The number of nitrogens with zero attached hydrogens (tertiary/aromatic N) is 2. The van der Waals surface area contributed by atoms with Crippen molar-refractivity contribution in [3.63, 3.8) is 0 Å². The summed E-state index contributed by atoms with van der Waals surface area (Å²) < 4.78 is 13.8. The van der Waals surface area contributed by atoms with Crippen LogP contribution in [0.5, 0.6) is 0 Å². The molecule has 0 bridgehead atoms. The van der Waals surface area contributed by atoms with Gasteiger partial charge in [-0.3, -0.25) is 4.90 Å². The number of piperazine rings is 1. The van der Waals surface area contributed by atoms with Crippen molar-refractivity contribution in [3.8, 4) is 0 Å². The summed E-state index contributed by atoms with van der Waals surface area (Å²) in [6.45, 7) is 6.09. The van der Waals surface area contributed by atoms with E-state index in [0.717, 1.165) is 44.6 Å². The Kier molecular flexibility index (Phi) is 9.27. The molecule has 1 aromatic rings. The minimum absolute atomic E-state index is 0. The van der Waals surface area contributed by atoms with Crippen molar-refractivity contribution in [3.05, 3.63) is 29.8 Å². The van der Waals surface area contributed by atoms with Crippen LogP contribution in [0.1, 0.15) is 31.4 Å². The van der Waals surface area contributed by atoms with Gasteiger partial charge in [-0.25, -0.2) is 4.98 Å². The van der Waals surface area contributed by atoms with Crippen LogP contribution in [-0.2, 0) is 0 Å². The Bertz CT molecular complexity index is 359. The lowest BCUT2D eigenvalue weighted by molar-refractivity contribution is 0.160. The van der Waals surface area contributed by atoms with Gasteiger partial charge in [0.2, 0.25) is 5.95 Å². The number of rotatable bonds is 4. The monoisotopic (exact) mass is 309 g/mol. The first-order chi connectivity index (χ1) is 8.33. The normalized spacial score (nSPS) is 17.2. The maximum atomic E-state index is 13.8. The molecule has 1 aromatic heterocycles. The Hall–Kier alpha value is -0.420. The molecule has 1 aliphatic heterocycles. The Morgan fingerprint density at radius 1 is 1.37 bits per heavy atom. The van der Waals surface area contributed by atoms with Gasteiger partial charge in [0.05, 0.1) is 0 Å². The highest BCUT2D eigenvalue weighted by Crippen LogP contribution is 2.27. The van der Waals surface area contributed by atoms with Crippen molar-refractivity contribution in [2.24, 2.45) is 0 Å². The van der Waals surface area contributed by atoms with Crippen LogP contribution in [0.25, 0.3) is 0 Å². The molecule has 1 saturated heterocycles. The fourth-order valence-electron chi connectivity index (χ4n) is 2.45. The zero-order chi connectivity index (χ0) is 12.1. The average Bonchev–Trinajstić information content (AvgIpc) is 2.38. The predicted molar refractivity (Wildman–Crippen MR) is 80.8 cm³/mol. The van der Waals surface area contributed by atoms with Gasteiger partial charge in [0.25, 0.3) is 0 Å². The Balaban J connectivity index is 0.00000162. The van der Waals surface area contributed by atoms with E-state index in [4.69, 9.17) is 0 Å². The van der Waals surface area contributed by atoms with Crippen molar-refractivity contribution >= 4 is 24.8 Å². The molecule has 1 atom stereocenters. The van der Waals surface area contributed by atoms with Gasteiger partial charge in [0.1, 0.15) is 0 Å². The Morgan fingerprint density at radius 2 is 2.05 bits per heavy atom. The highest BCUT2D eigenvalue weighted by Gasteiger charge is 2.23. The van der Waals surface area contributed by atoms with Gasteiger partial charge in [-0.15, -0.1) is 24.8 Å². The van der Waals surface area contributed by atoms with Crippen molar-refractivity contribution in [2.75, 3.05) is 26.2 Å². The summed E-state index contributed by atoms with van der Waals surface area (Å²) in [5, 5.41) is 3.33. The standard InChI is InChI=1S/C13H20FN3.2ClH/c1-2-4-12(17-9-7-15-8-10-17)11-5-3-6-16-13(11)14;;/h3,5-6,12,15H,2,4,7-10H2,1H3;2*1H/t12-;;/m1../s1. The van der Waals surface area contributed by atoms with Gasteiger partial charge in [0, 0.05) is 44.0 Å². The second-order valence-corrected chi connectivity index (χ2v) is 4.47. The fourth-order valence-corrected chi connectivity index (χ4v) is 2.45. The van der Waals surface area contributed by atoms with Crippen molar-refractivity contribution < 1.29 is 4.39 Å². The number of aromatic nitrogens is 1. The molecule has 1 aliphatic rings. The van der Waals surface area contributed by atoms with Crippen LogP contribution in [0.15, 0.2) is 18.3 Å². The highest BCUT2D eigenvalue weighted by atomic mass is 35.5. The largest absolute Gasteiger partial charge is 0.314 e. The lowest BCUT2D eigenvalue weighted by Gasteiger charge is -2.35. The molecule has 0 amide bonds. The SMILES string of the molecule is CCC[C@H](c1cccnc1F)N1CCNCC1.Cl.Cl. The third-order valence-corrected chi connectivity index (χ3v) is 3.30. The second-order valence-electron chi connectivity index (χ2n) is 4.47. The van der Waals surface area contributed by atoms with Crippen LogP contribution < -0.4 is 5.32 Å². The lowest BCUT2D eigenvalue weighted by atomic mass is 10.0. The summed E-state index contributed by atoms with van der Waals surface area (Å²) in [4.78, 5) is 6.13. The van der Waals surface area contributed by atoms with Crippen molar-refractivity contribution in [1.29, 1.82) is 0 Å². The quantitative estimate of drug-likeness (QED) is 0.867. The first-order valence-electron chi connectivity index (χ1n) is 6.38. The van der Waals surface area contributed by atoms with E-state index in [9.17, 15) is 4.39 Å². The molecule has 0 aliphatic carbocycles. The van der Waals surface area contributed by atoms with Crippen molar-refractivity contribution in [2.45, 2.75) is 25.8 Å². The van der Waals surface area contributed by atoms with E-state index < -0.39 is 0 Å². The molecule has 0 saturated carbocycles. The topological polar surface area (TPSA) is 28.2 Å². The van der Waals surface area contributed by atoms with Crippen LogP contribution in [0.4, 0.5) is 4.39 Å². The number of hydrogen-bond donors (Lipinski definition) is 1. The minimum Gasteiger partial charge on any atom is -0.314 e. The van der Waals surface area contributed by atoms with E-state index in [1.807, 2.05) is 12.1 Å². The van der Waals surface area contributed by atoms with Crippen LogP contribution in [-0.4, -0.2) is 36.1 Å². The first-order valence-corrected chi connectivity index (χ1v) is 6.38. The fraction of sp³-hybridized carbons (Fsp3) is 0.615. The van der Waals surface area contributed by atoms with E-state index >= 15 is 0 Å². The predicted octanol–water partition coefficient (Wildman–Crippen LogP) is 2.81. The van der Waals surface area contributed by atoms with Crippen LogP contribution in [0, 0.1) is 5.95 Å². The molecular weight excluding hydrogens is 288 g/mol. The van der Waals surface area contributed by atoms with E-state index in [1.54, 1.807) is 0 Å². The lowest BCUT2D eigenvalue weighted by Crippen LogP contribution is -2.45. The maximum Gasteiger partial charge on any atom is 0.217 e. The van der Waals surface area contributed by atoms with Crippen LogP contribution >= 0.6 is 24.8 Å².